The van der Waals surface area contributed by atoms with Crippen molar-refractivity contribution in [3.8, 4) is 0 Å². The lowest BCUT2D eigenvalue weighted by Crippen LogP contribution is -2.30. The molecule has 0 aromatic carbocycles. The van der Waals surface area contributed by atoms with Crippen molar-refractivity contribution in [1.29, 1.82) is 0 Å². The van der Waals surface area contributed by atoms with Crippen molar-refractivity contribution >= 4 is 17.9 Å². The van der Waals surface area contributed by atoms with Crippen molar-refractivity contribution in [1.82, 2.24) is 0 Å². The van der Waals surface area contributed by atoms with E-state index in [2.05, 4.69) is 179 Å². The van der Waals surface area contributed by atoms with Crippen LogP contribution in [0, 0.1) is 0 Å². The fourth-order valence-electron chi connectivity index (χ4n) is 6.57. The van der Waals surface area contributed by atoms with E-state index in [1.54, 1.807) is 0 Å². The smallest absolute Gasteiger partial charge is 0.306 e. The van der Waals surface area contributed by atoms with Gasteiger partial charge in [0.15, 0.2) is 6.10 Å². The van der Waals surface area contributed by atoms with Gasteiger partial charge in [-0.15, -0.1) is 0 Å². The van der Waals surface area contributed by atoms with Crippen LogP contribution in [0.15, 0.2) is 158 Å². The molecule has 0 saturated carbocycles. The zero-order valence-corrected chi connectivity index (χ0v) is 43.8. The van der Waals surface area contributed by atoms with E-state index < -0.39 is 6.10 Å². The van der Waals surface area contributed by atoms with Gasteiger partial charge in [0.2, 0.25) is 0 Å². The Morgan fingerprint density at radius 3 is 0.783 bits per heavy atom. The molecular formula is C63H96O6. The molecule has 1 atom stereocenters. The Hall–Kier alpha value is -4.97. The fraction of sp³-hybridized carbons (Fsp3) is 0.540. The lowest BCUT2D eigenvalue weighted by atomic mass is 10.1. The van der Waals surface area contributed by atoms with Crippen molar-refractivity contribution < 1.29 is 28.6 Å². The van der Waals surface area contributed by atoms with Crippen LogP contribution in [0.2, 0.25) is 0 Å². The van der Waals surface area contributed by atoms with Crippen molar-refractivity contribution in [2.75, 3.05) is 13.2 Å². The third-order valence-corrected chi connectivity index (χ3v) is 10.5. The second-order valence-corrected chi connectivity index (χ2v) is 17.0. The number of hydrogen-bond donors (Lipinski definition) is 0. The highest BCUT2D eigenvalue weighted by atomic mass is 16.6. The maximum Gasteiger partial charge on any atom is 0.306 e. The summed E-state index contributed by atoms with van der Waals surface area (Å²) in [6, 6.07) is 0. The molecule has 0 aliphatic rings. The molecule has 0 bridgehead atoms. The first-order valence-electron chi connectivity index (χ1n) is 27.0. The van der Waals surface area contributed by atoms with Gasteiger partial charge in [-0.25, -0.2) is 0 Å². The van der Waals surface area contributed by atoms with E-state index >= 15 is 0 Å². The molecule has 384 valence electrons. The minimum absolute atomic E-state index is 0.124. The highest BCUT2D eigenvalue weighted by Crippen LogP contribution is 2.11. The summed E-state index contributed by atoms with van der Waals surface area (Å²) < 4.78 is 16.7. The zero-order chi connectivity index (χ0) is 50.0. The topological polar surface area (TPSA) is 78.9 Å². The summed E-state index contributed by atoms with van der Waals surface area (Å²) in [4.78, 5) is 38.0. The van der Waals surface area contributed by atoms with Gasteiger partial charge >= 0.3 is 17.9 Å². The van der Waals surface area contributed by atoms with Gasteiger partial charge in [0.25, 0.3) is 0 Å². The van der Waals surface area contributed by atoms with Crippen molar-refractivity contribution in [2.24, 2.45) is 0 Å². The van der Waals surface area contributed by atoms with Crippen molar-refractivity contribution in [3.63, 3.8) is 0 Å². The normalized spacial score (nSPS) is 13.4. The summed E-state index contributed by atoms with van der Waals surface area (Å²) >= 11 is 0. The van der Waals surface area contributed by atoms with E-state index in [9.17, 15) is 14.4 Å². The SMILES string of the molecule is CC/C=C\C/C=C\C/C=C\C/C=C\C/C=C\C/C=C\C/C=C\CCCCCC(=O)OCC(COC(=O)CCCCC/C=C\C/C=C\C/C=C\CC)OC(=O)CCCCC/C=C\C/C=C\C/C=C\CC. The van der Waals surface area contributed by atoms with Crippen molar-refractivity contribution in [2.45, 2.75) is 207 Å². The van der Waals surface area contributed by atoms with E-state index in [1.165, 1.54) is 0 Å². The van der Waals surface area contributed by atoms with Gasteiger partial charge in [0.05, 0.1) is 0 Å². The first kappa shape index (κ1) is 64.0. The molecule has 0 aromatic rings. The molecule has 0 rings (SSSR count). The molecule has 0 fully saturated rings. The summed E-state index contributed by atoms with van der Waals surface area (Å²) in [6.45, 7) is 6.18. The van der Waals surface area contributed by atoms with Gasteiger partial charge in [-0.1, -0.05) is 198 Å². The van der Waals surface area contributed by atoms with Crippen LogP contribution in [0.1, 0.15) is 201 Å². The summed E-state index contributed by atoms with van der Waals surface area (Å²) in [6.07, 6.45) is 81.0. The Bertz CT molecular complexity index is 1610. The average Bonchev–Trinajstić information content (AvgIpc) is 3.35. The number of unbranched alkanes of at least 4 members (excludes halogenated alkanes) is 9. The first-order chi connectivity index (χ1) is 34.0. The molecule has 0 amide bonds. The third kappa shape index (κ3) is 53.8. The van der Waals surface area contributed by atoms with Crippen LogP contribution in [-0.2, 0) is 28.6 Å². The first-order valence-corrected chi connectivity index (χ1v) is 27.0. The second-order valence-electron chi connectivity index (χ2n) is 17.0. The molecule has 6 nitrogen and oxygen atoms in total. The molecule has 0 radical (unpaired) electrons. The van der Waals surface area contributed by atoms with E-state index in [-0.39, 0.29) is 37.5 Å². The van der Waals surface area contributed by atoms with Crippen LogP contribution in [0.4, 0.5) is 0 Å². The van der Waals surface area contributed by atoms with E-state index in [0.29, 0.717) is 19.3 Å². The van der Waals surface area contributed by atoms with Gasteiger partial charge in [-0.05, 0) is 141 Å². The highest BCUT2D eigenvalue weighted by molar-refractivity contribution is 5.71. The molecular weight excluding hydrogens is 853 g/mol. The Morgan fingerprint density at radius 1 is 0.290 bits per heavy atom. The number of allylic oxidation sites excluding steroid dienone is 26. The molecule has 0 N–H and O–H groups in total. The lowest BCUT2D eigenvalue weighted by molar-refractivity contribution is -0.167. The van der Waals surface area contributed by atoms with Crippen LogP contribution < -0.4 is 0 Å². The van der Waals surface area contributed by atoms with Crippen molar-refractivity contribution in [3.05, 3.63) is 158 Å². The largest absolute Gasteiger partial charge is 0.462 e. The molecule has 0 aliphatic carbocycles. The summed E-state index contributed by atoms with van der Waals surface area (Å²) in [5.74, 6) is -1.03. The number of ether oxygens (including phenoxy) is 3. The molecule has 0 aliphatic heterocycles. The van der Waals surface area contributed by atoms with Gasteiger partial charge in [-0.3, -0.25) is 14.4 Å². The van der Waals surface area contributed by atoms with Gasteiger partial charge < -0.3 is 14.2 Å². The maximum atomic E-state index is 12.8. The number of carbonyl (C=O) groups excluding carboxylic acids is 3. The summed E-state index contributed by atoms with van der Waals surface area (Å²) in [5, 5.41) is 0. The Morgan fingerprint density at radius 2 is 0.522 bits per heavy atom. The minimum atomic E-state index is -0.827. The predicted molar refractivity (Wildman–Crippen MR) is 297 cm³/mol. The quantitative estimate of drug-likeness (QED) is 0.0262. The Labute approximate surface area is 422 Å². The summed E-state index contributed by atoms with van der Waals surface area (Å²) in [5.41, 5.74) is 0. The van der Waals surface area contributed by atoms with Crippen LogP contribution in [0.25, 0.3) is 0 Å². The number of rotatable bonds is 46. The van der Waals surface area contributed by atoms with Crippen LogP contribution >= 0.6 is 0 Å². The fourth-order valence-corrected chi connectivity index (χ4v) is 6.57. The minimum Gasteiger partial charge on any atom is -0.462 e. The Balaban J connectivity index is 4.49. The molecule has 0 spiro atoms. The molecule has 6 heteroatoms. The molecule has 0 heterocycles. The van der Waals surface area contributed by atoms with Gasteiger partial charge in [0.1, 0.15) is 13.2 Å². The lowest BCUT2D eigenvalue weighted by Gasteiger charge is -2.18. The predicted octanol–water partition coefficient (Wildman–Crippen LogP) is 18.2. The van der Waals surface area contributed by atoms with E-state index in [0.717, 1.165) is 154 Å². The molecule has 69 heavy (non-hydrogen) atoms. The Kier molecular flexibility index (Phi) is 51.6. The maximum absolute atomic E-state index is 12.8. The monoisotopic (exact) mass is 949 g/mol. The van der Waals surface area contributed by atoms with Crippen LogP contribution in [0.5, 0.6) is 0 Å². The van der Waals surface area contributed by atoms with E-state index in [4.69, 9.17) is 14.2 Å². The average molecular weight is 949 g/mol. The second kappa shape index (κ2) is 55.6. The standard InChI is InChI=1S/C63H96O6/c1-4-7-10-13-16-19-22-25-26-27-28-29-30-31-32-33-34-35-36-39-41-44-47-50-53-56-62(65)68-59-60(69-63(66)57-54-51-48-45-42-38-24-21-18-15-12-9-6-3)58-67-61(64)55-52-49-46-43-40-37-23-20-17-14-11-8-5-2/h7-12,16-21,25-26,28-29,31-32,34-35,37-42,60H,4-6,13-15,22-24,27,30,33,36,43-59H2,1-3H3/b10-7-,11-8-,12-9-,19-16-,20-17-,21-18-,26-25-,29-28-,32-31-,35-34-,40-37-,41-39-,42-38-. The number of hydrogen-bond acceptors (Lipinski definition) is 6. The molecule has 1 unspecified atom stereocenters. The highest BCUT2D eigenvalue weighted by Gasteiger charge is 2.19. The van der Waals surface area contributed by atoms with Crippen LogP contribution in [-0.4, -0.2) is 37.2 Å². The van der Waals surface area contributed by atoms with Gasteiger partial charge in [0, 0.05) is 19.3 Å². The summed E-state index contributed by atoms with van der Waals surface area (Å²) in [7, 11) is 0. The van der Waals surface area contributed by atoms with Crippen LogP contribution in [0.3, 0.4) is 0 Å². The van der Waals surface area contributed by atoms with E-state index in [1.807, 2.05) is 0 Å². The number of carbonyl (C=O) groups is 3. The third-order valence-electron chi connectivity index (χ3n) is 10.5. The molecule has 0 saturated heterocycles. The number of esters is 3. The molecule has 0 aromatic heterocycles. The zero-order valence-electron chi connectivity index (χ0n) is 43.8. The van der Waals surface area contributed by atoms with Gasteiger partial charge in [-0.2, -0.15) is 0 Å².